The van der Waals surface area contributed by atoms with E-state index in [1.54, 1.807) is 0 Å². The molecule has 0 aliphatic heterocycles. The topological polar surface area (TPSA) is 15.3 Å². The lowest BCUT2D eigenvalue weighted by molar-refractivity contribution is 0.117. The Morgan fingerprint density at radius 1 is 1.29 bits per heavy atom. The number of nitrogens with zero attached hydrogens (tertiary/aromatic N) is 1. The van der Waals surface area contributed by atoms with Crippen molar-refractivity contribution >= 4 is 0 Å². The average Bonchev–Trinajstić information content (AvgIpc) is 2.64. The van der Waals surface area contributed by atoms with Crippen molar-refractivity contribution in [3.63, 3.8) is 0 Å². The van der Waals surface area contributed by atoms with Crippen LogP contribution in [0.25, 0.3) is 0 Å². The molecule has 0 saturated heterocycles. The molecule has 0 radical (unpaired) electrons. The van der Waals surface area contributed by atoms with Crippen LogP contribution in [0.5, 0.6) is 0 Å². The fourth-order valence-corrected chi connectivity index (χ4v) is 2.98. The first-order valence-electron chi connectivity index (χ1n) is 7.30. The normalized spacial score (nSPS) is 27.7. The van der Waals surface area contributed by atoms with Crippen molar-refractivity contribution in [2.24, 2.45) is 11.3 Å². The van der Waals surface area contributed by atoms with Crippen molar-refractivity contribution in [1.82, 2.24) is 10.2 Å². The molecule has 0 bridgehead atoms. The maximum atomic E-state index is 3.65. The molecule has 1 fully saturated rings. The maximum Gasteiger partial charge on any atom is 0.0112 e. The summed E-state index contributed by atoms with van der Waals surface area (Å²) < 4.78 is 0. The van der Waals surface area contributed by atoms with Gasteiger partial charge in [-0.25, -0.2) is 0 Å². The maximum absolute atomic E-state index is 3.65. The van der Waals surface area contributed by atoms with E-state index >= 15 is 0 Å². The van der Waals surface area contributed by atoms with Crippen LogP contribution in [0.1, 0.15) is 53.9 Å². The Kier molecular flexibility index (Phi) is 5.46. The van der Waals surface area contributed by atoms with Crippen LogP contribution >= 0.6 is 0 Å². The zero-order valence-electron chi connectivity index (χ0n) is 12.7. The minimum absolute atomic E-state index is 0.376. The van der Waals surface area contributed by atoms with Crippen molar-refractivity contribution in [2.75, 3.05) is 20.1 Å². The molecule has 1 rings (SSSR count). The molecule has 0 aromatic carbocycles. The van der Waals surface area contributed by atoms with Crippen LogP contribution in [0, 0.1) is 11.3 Å². The van der Waals surface area contributed by atoms with E-state index in [2.05, 4.69) is 51.9 Å². The van der Waals surface area contributed by atoms with E-state index in [4.69, 9.17) is 0 Å². The third-order valence-corrected chi connectivity index (χ3v) is 4.56. The first-order valence-corrected chi connectivity index (χ1v) is 7.30. The van der Waals surface area contributed by atoms with E-state index in [0.717, 1.165) is 18.5 Å². The third kappa shape index (κ3) is 4.26. The number of hydrogen-bond acceptors (Lipinski definition) is 2. The van der Waals surface area contributed by atoms with Gasteiger partial charge in [0.1, 0.15) is 0 Å². The highest BCUT2D eigenvalue weighted by Crippen LogP contribution is 2.29. The molecule has 2 heteroatoms. The summed E-state index contributed by atoms with van der Waals surface area (Å²) in [5.41, 5.74) is 0.376. The quantitative estimate of drug-likeness (QED) is 0.794. The Labute approximate surface area is 108 Å². The molecule has 1 aliphatic rings. The van der Waals surface area contributed by atoms with Gasteiger partial charge in [0.05, 0.1) is 0 Å². The van der Waals surface area contributed by atoms with Crippen LogP contribution in [-0.4, -0.2) is 37.1 Å². The lowest BCUT2D eigenvalue weighted by Gasteiger charge is -2.37. The van der Waals surface area contributed by atoms with E-state index in [-0.39, 0.29) is 0 Å². The zero-order valence-corrected chi connectivity index (χ0v) is 12.7. The van der Waals surface area contributed by atoms with E-state index < -0.39 is 0 Å². The van der Waals surface area contributed by atoms with Gasteiger partial charge >= 0.3 is 0 Å². The van der Waals surface area contributed by atoms with Gasteiger partial charge in [-0.1, -0.05) is 34.1 Å². The van der Waals surface area contributed by atoms with Crippen LogP contribution in [0.3, 0.4) is 0 Å². The van der Waals surface area contributed by atoms with Crippen molar-refractivity contribution in [3.05, 3.63) is 0 Å². The Bertz CT molecular complexity index is 219. The average molecular weight is 240 g/mol. The van der Waals surface area contributed by atoms with Gasteiger partial charge in [-0.05, 0) is 44.7 Å². The molecular weight excluding hydrogens is 208 g/mol. The molecule has 1 aliphatic carbocycles. The third-order valence-electron chi connectivity index (χ3n) is 4.56. The summed E-state index contributed by atoms with van der Waals surface area (Å²) in [4.78, 5) is 2.56. The van der Waals surface area contributed by atoms with Crippen LogP contribution in [-0.2, 0) is 0 Å². The molecule has 2 nitrogen and oxygen atoms in total. The fraction of sp³-hybridized carbons (Fsp3) is 1.00. The largest absolute Gasteiger partial charge is 0.314 e. The van der Waals surface area contributed by atoms with Gasteiger partial charge in [0.2, 0.25) is 0 Å². The molecule has 0 amide bonds. The summed E-state index contributed by atoms with van der Waals surface area (Å²) in [5, 5.41) is 3.65. The molecule has 102 valence electrons. The van der Waals surface area contributed by atoms with Crippen molar-refractivity contribution in [1.29, 1.82) is 0 Å². The smallest absolute Gasteiger partial charge is 0.0112 e. The minimum atomic E-state index is 0.376. The molecule has 17 heavy (non-hydrogen) atoms. The number of rotatable bonds is 5. The predicted molar refractivity (Wildman–Crippen MR) is 76.4 cm³/mol. The molecule has 3 atom stereocenters. The first kappa shape index (κ1) is 15.0. The molecule has 0 aromatic heterocycles. The molecular formula is C15H32N2. The lowest BCUT2D eigenvalue weighted by Crippen LogP contribution is -2.45. The monoisotopic (exact) mass is 240 g/mol. The summed E-state index contributed by atoms with van der Waals surface area (Å²) in [6.07, 6.45) is 4.18. The van der Waals surface area contributed by atoms with E-state index in [0.29, 0.717) is 11.5 Å². The number of hydrogen-bond donors (Lipinski definition) is 1. The fourth-order valence-electron chi connectivity index (χ4n) is 2.98. The lowest BCUT2D eigenvalue weighted by atomic mass is 9.86. The second kappa shape index (κ2) is 6.19. The molecule has 0 spiro atoms. The molecule has 3 unspecified atom stereocenters. The molecule has 1 saturated carbocycles. The molecule has 0 aromatic rings. The van der Waals surface area contributed by atoms with Crippen molar-refractivity contribution in [3.8, 4) is 0 Å². The highest BCUT2D eigenvalue weighted by Gasteiger charge is 2.30. The highest BCUT2D eigenvalue weighted by molar-refractivity contribution is 4.87. The summed E-state index contributed by atoms with van der Waals surface area (Å²) in [5.74, 6) is 0.852. The second-order valence-electron chi connectivity index (χ2n) is 6.84. The van der Waals surface area contributed by atoms with Crippen LogP contribution < -0.4 is 5.32 Å². The zero-order chi connectivity index (χ0) is 13.1. The summed E-state index contributed by atoms with van der Waals surface area (Å²) in [7, 11) is 2.29. The van der Waals surface area contributed by atoms with Gasteiger partial charge in [0.15, 0.2) is 0 Å². The van der Waals surface area contributed by atoms with Gasteiger partial charge < -0.3 is 10.2 Å². The highest BCUT2D eigenvalue weighted by atomic mass is 15.1. The Hall–Kier alpha value is -0.0800. The van der Waals surface area contributed by atoms with Gasteiger partial charge in [0.25, 0.3) is 0 Å². The van der Waals surface area contributed by atoms with Crippen LogP contribution in [0.2, 0.25) is 0 Å². The van der Waals surface area contributed by atoms with Gasteiger partial charge in [-0.15, -0.1) is 0 Å². The Morgan fingerprint density at radius 3 is 2.47 bits per heavy atom. The minimum Gasteiger partial charge on any atom is -0.314 e. The SMILES string of the molecule is CCNC1CCCC1CN(C)C(C)C(C)(C)C. The van der Waals surface area contributed by atoms with Gasteiger partial charge in [-0.2, -0.15) is 0 Å². The first-order chi connectivity index (χ1) is 7.86. The summed E-state index contributed by atoms with van der Waals surface area (Å²) in [6, 6.07) is 1.40. The second-order valence-corrected chi connectivity index (χ2v) is 6.84. The van der Waals surface area contributed by atoms with Gasteiger partial charge in [-0.3, -0.25) is 0 Å². The summed E-state index contributed by atoms with van der Waals surface area (Å²) in [6.45, 7) is 13.9. The Morgan fingerprint density at radius 2 is 1.94 bits per heavy atom. The van der Waals surface area contributed by atoms with Crippen LogP contribution in [0.4, 0.5) is 0 Å². The summed E-state index contributed by atoms with van der Waals surface area (Å²) >= 11 is 0. The number of nitrogens with one attached hydrogen (secondary N) is 1. The molecule has 0 heterocycles. The van der Waals surface area contributed by atoms with Gasteiger partial charge in [0, 0.05) is 18.6 Å². The Balaban J connectivity index is 2.47. The van der Waals surface area contributed by atoms with Crippen molar-refractivity contribution in [2.45, 2.75) is 66.0 Å². The van der Waals surface area contributed by atoms with E-state index in [9.17, 15) is 0 Å². The predicted octanol–water partition coefficient (Wildman–Crippen LogP) is 3.13. The van der Waals surface area contributed by atoms with E-state index in [1.165, 1.54) is 25.8 Å². The van der Waals surface area contributed by atoms with E-state index in [1.807, 2.05) is 0 Å². The van der Waals surface area contributed by atoms with Crippen LogP contribution in [0.15, 0.2) is 0 Å². The van der Waals surface area contributed by atoms with Crippen molar-refractivity contribution < 1.29 is 0 Å². The standard InChI is InChI=1S/C15H32N2/c1-7-16-14-10-8-9-13(14)11-17(6)12(2)15(3,4)5/h12-14,16H,7-11H2,1-6H3. The molecule has 1 N–H and O–H groups in total.